The summed E-state index contributed by atoms with van der Waals surface area (Å²) in [6.45, 7) is 1.55. The number of aryl methyl sites for hydroxylation is 1. The Hall–Kier alpha value is -3.01. The van der Waals surface area contributed by atoms with E-state index < -0.39 is 22.7 Å². The summed E-state index contributed by atoms with van der Waals surface area (Å²) < 4.78 is 39.2. The van der Waals surface area contributed by atoms with Gasteiger partial charge < -0.3 is 0 Å². The van der Waals surface area contributed by atoms with Gasteiger partial charge in [0.05, 0.1) is 16.2 Å². The largest absolute Gasteiger partial charge is 0.451 e. The number of nitro groups is 1. The standard InChI is InChI=1S/C18H12F3N3O3S/c1-10-6-7-11(8-14(10)24(26)27)15(25)9-28-16-12-4-2-3-5-13(12)22-17(23-16)18(19,20)21/h2-8H,9H2,1H3. The number of nitrogens with zero attached hydrogens (tertiary/aromatic N) is 3. The van der Waals surface area contributed by atoms with Crippen LogP contribution in [0.15, 0.2) is 47.5 Å². The Labute approximate surface area is 161 Å². The highest BCUT2D eigenvalue weighted by molar-refractivity contribution is 8.00. The molecule has 0 spiro atoms. The molecule has 0 radical (unpaired) electrons. The molecule has 0 unspecified atom stereocenters. The normalized spacial score (nSPS) is 11.6. The Bertz CT molecular complexity index is 1090. The molecule has 0 saturated heterocycles. The molecular formula is C18H12F3N3O3S. The second-order valence-corrected chi connectivity index (χ2v) is 6.80. The fraction of sp³-hybridized carbons (Fsp3) is 0.167. The van der Waals surface area contributed by atoms with Crippen LogP contribution in [-0.2, 0) is 6.18 Å². The van der Waals surface area contributed by atoms with Gasteiger partial charge in [-0.15, -0.1) is 0 Å². The average molecular weight is 407 g/mol. The number of alkyl halides is 3. The van der Waals surface area contributed by atoms with Crippen LogP contribution in [0, 0.1) is 17.0 Å². The fourth-order valence-electron chi connectivity index (χ4n) is 2.48. The summed E-state index contributed by atoms with van der Waals surface area (Å²) in [6, 6.07) is 10.3. The van der Waals surface area contributed by atoms with Crippen LogP contribution in [0.2, 0.25) is 0 Å². The summed E-state index contributed by atoms with van der Waals surface area (Å²) in [4.78, 5) is 29.9. The molecule has 0 fully saturated rings. The number of carbonyl (C=O) groups excluding carboxylic acids is 1. The number of benzene rings is 2. The number of Topliss-reactive ketones (excluding diaryl/α,β-unsaturated/α-hetero) is 1. The van der Waals surface area contributed by atoms with Crippen molar-refractivity contribution in [2.24, 2.45) is 0 Å². The van der Waals surface area contributed by atoms with Crippen LogP contribution in [0.1, 0.15) is 21.7 Å². The number of rotatable bonds is 5. The zero-order chi connectivity index (χ0) is 20.5. The second-order valence-electron chi connectivity index (χ2n) is 5.84. The van der Waals surface area contributed by atoms with E-state index in [4.69, 9.17) is 0 Å². The van der Waals surface area contributed by atoms with Crippen LogP contribution in [0.3, 0.4) is 0 Å². The topological polar surface area (TPSA) is 86.0 Å². The molecule has 1 heterocycles. The predicted octanol–water partition coefficient (Wildman–Crippen LogP) is 4.84. The SMILES string of the molecule is Cc1ccc(C(=O)CSc2nc(C(F)(F)F)nc3ccccc23)cc1[N+](=O)[O-]. The van der Waals surface area contributed by atoms with E-state index in [2.05, 4.69) is 9.97 Å². The van der Waals surface area contributed by atoms with Crippen molar-refractivity contribution in [3.8, 4) is 0 Å². The lowest BCUT2D eigenvalue weighted by molar-refractivity contribution is -0.385. The summed E-state index contributed by atoms with van der Waals surface area (Å²) in [5, 5.41) is 11.4. The van der Waals surface area contributed by atoms with E-state index in [0.29, 0.717) is 10.9 Å². The molecule has 3 aromatic rings. The number of fused-ring (bicyclic) bond motifs is 1. The minimum Gasteiger partial charge on any atom is -0.293 e. The Morgan fingerprint density at radius 2 is 1.89 bits per heavy atom. The van der Waals surface area contributed by atoms with Crippen molar-refractivity contribution in [3.05, 3.63) is 69.5 Å². The number of carbonyl (C=O) groups is 1. The number of para-hydroxylation sites is 1. The number of hydrogen-bond donors (Lipinski definition) is 0. The molecule has 3 rings (SSSR count). The van der Waals surface area contributed by atoms with E-state index >= 15 is 0 Å². The molecule has 0 N–H and O–H groups in total. The van der Waals surface area contributed by atoms with Gasteiger partial charge in [-0.25, -0.2) is 9.97 Å². The average Bonchev–Trinajstić information content (AvgIpc) is 2.65. The van der Waals surface area contributed by atoms with Crippen molar-refractivity contribution in [3.63, 3.8) is 0 Å². The molecule has 0 aliphatic heterocycles. The summed E-state index contributed by atoms with van der Waals surface area (Å²) in [5.41, 5.74) is 0.443. The summed E-state index contributed by atoms with van der Waals surface area (Å²) in [7, 11) is 0. The van der Waals surface area contributed by atoms with E-state index in [1.807, 2.05) is 0 Å². The first-order chi connectivity index (χ1) is 13.2. The molecule has 0 aliphatic rings. The van der Waals surface area contributed by atoms with Gasteiger partial charge in [0.25, 0.3) is 5.69 Å². The molecule has 0 saturated carbocycles. The Kier molecular flexibility index (Phi) is 5.32. The highest BCUT2D eigenvalue weighted by atomic mass is 32.2. The first kappa shape index (κ1) is 19.7. The third-order valence-corrected chi connectivity index (χ3v) is 4.88. The Morgan fingerprint density at radius 1 is 1.18 bits per heavy atom. The van der Waals surface area contributed by atoms with Gasteiger partial charge in [-0.3, -0.25) is 14.9 Å². The van der Waals surface area contributed by atoms with Crippen molar-refractivity contribution >= 4 is 34.1 Å². The predicted molar refractivity (Wildman–Crippen MR) is 97.4 cm³/mol. The molecule has 2 aromatic carbocycles. The monoisotopic (exact) mass is 407 g/mol. The quantitative estimate of drug-likeness (QED) is 0.198. The van der Waals surface area contributed by atoms with Crippen LogP contribution >= 0.6 is 11.8 Å². The highest BCUT2D eigenvalue weighted by Gasteiger charge is 2.35. The summed E-state index contributed by atoms with van der Waals surface area (Å²) >= 11 is 0.831. The second kappa shape index (κ2) is 7.55. The first-order valence-corrected chi connectivity index (χ1v) is 8.90. The maximum Gasteiger partial charge on any atom is 0.451 e. The van der Waals surface area contributed by atoms with Crippen molar-refractivity contribution < 1.29 is 22.9 Å². The van der Waals surface area contributed by atoms with Crippen LogP contribution in [0.4, 0.5) is 18.9 Å². The zero-order valence-corrected chi connectivity index (χ0v) is 15.2. The third kappa shape index (κ3) is 4.11. The maximum atomic E-state index is 13.1. The molecule has 0 bridgehead atoms. The van der Waals surface area contributed by atoms with Crippen LogP contribution in [-0.4, -0.2) is 26.4 Å². The lowest BCUT2D eigenvalue weighted by atomic mass is 10.1. The number of thioether (sulfide) groups is 1. The molecular weight excluding hydrogens is 395 g/mol. The molecule has 144 valence electrons. The number of hydrogen-bond acceptors (Lipinski definition) is 6. The molecule has 10 heteroatoms. The molecule has 6 nitrogen and oxygen atoms in total. The smallest absolute Gasteiger partial charge is 0.293 e. The fourth-order valence-corrected chi connectivity index (χ4v) is 3.39. The van der Waals surface area contributed by atoms with Gasteiger partial charge >= 0.3 is 6.18 Å². The van der Waals surface area contributed by atoms with Crippen LogP contribution in [0.5, 0.6) is 0 Å². The molecule has 0 amide bonds. The summed E-state index contributed by atoms with van der Waals surface area (Å²) in [5.74, 6) is -1.96. The van der Waals surface area contributed by atoms with E-state index in [1.54, 1.807) is 25.1 Å². The number of halogens is 3. The first-order valence-electron chi connectivity index (χ1n) is 7.92. The number of nitro benzene ring substituents is 1. The Morgan fingerprint density at radius 3 is 2.57 bits per heavy atom. The van der Waals surface area contributed by atoms with Crippen molar-refractivity contribution in [2.45, 2.75) is 18.1 Å². The van der Waals surface area contributed by atoms with Crippen molar-refractivity contribution in [1.82, 2.24) is 9.97 Å². The van der Waals surface area contributed by atoms with Gasteiger partial charge in [-0.05, 0) is 13.0 Å². The third-order valence-electron chi connectivity index (χ3n) is 3.89. The molecule has 0 aliphatic carbocycles. The Balaban J connectivity index is 1.90. The molecule has 28 heavy (non-hydrogen) atoms. The molecule has 1 aromatic heterocycles. The van der Waals surface area contributed by atoms with Gasteiger partial charge in [0.2, 0.25) is 5.82 Å². The van der Waals surface area contributed by atoms with Gasteiger partial charge in [0.1, 0.15) is 5.03 Å². The lowest BCUT2D eigenvalue weighted by Crippen LogP contribution is -2.12. The highest BCUT2D eigenvalue weighted by Crippen LogP contribution is 2.32. The van der Waals surface area contributed by atoms with E-state index in [0.717, 1.165) is 17.8 Å². The van der Waals surface area contributed by atoms with Gasteiger partial charge in [0, 0.05) is 22.6 Å². The van der Waals surface area contributed by atoms with Crippen molar-refractivity contribution in [2.75, 3.05) is 5.75 Å². The van der Waals surface area contributed by atoms with E-state index in [1.165, 1.54) is 18.2 Å². The lowest BCUT2D eigenvalue weighted by Gasteiger charge is -2.10. The van der Waals surface area contributed by atoms with E-state index in [9.17, 15) is 28.1 Å². The van der Waals surface area contributed by atoms with Gasteiger partial charge in [0.15, 0.2) is 5.78 Å². The maximum absolute atomic E-state index is 13.1. The van der Waals surface area contributed by atoms with E-state index in [-0.39, 0.29) is 27.5 Å². The van der Waals surface area contributed by atoms with Crippen LogP contribution < -0.4 is 0 Å². The summed E-state index contributed by atoms with van der Waals surface area (Å²) in [6.07, 6.45) is -4.72. The van der Waals surface area contributed by atoms with Crippen LogP contribution in [0.25, 0.3) is 10.9 Å². The zero-order valence-electron chi connectivity index (χ0n) is 14.4. The van der Waals surface area contributed by atoms with Gasteiger partial charge in [-0.2, -0.15) is 13.2 Å². The van der Waals surface area contributed by atoms with Gasteiger partial charge in [-0.1, -0.05) is 42.1 Å². The number of ketones is 1. The minimum atomic E-state index is -4.72. The minimum absolute atomic E-state index is 0.0212. The van der Waals surface area contributed by atoms with Crippen molar-refractivity contribution in [1.29, 1.82) is 0 Å². The molecule has 0 atom stereocenters. The number of aromatic nitrogens is 2.